The molecule has 0 bridgehead atoms. The van der Waals surface area contributed by atoms with Crippen molar-refractivity contribution in [2.75, 3.05) is 4.90 Å². The van der Waals surface area contributed by atoms with Crippen molar-refractivity contribution in [2.45, 2.75) is 25.2 Å². The Morgan fingerprint density at radius 2 is 1.27 bits per heavy atom. The Bertz CT molecular complexity index is 2950. The topological polar surface area (TPSA) is 7.65 Å². The van der Waals surface area contributed by atoms with Crippen LogP contribution in [0.2, 0.25) is 0 Å². The van der Waals surface area contributed by atoms with E-state index in [0.717, 1.165) is 19.3 Å². The quantitative estimate of drug-likeness (QED) is 0.177. The van der Waals surface area contributed by atoms with Crippen LogP contribution in [-0.4, -0.2) is 4.40 Å². The van der Waals surface area contributed by atoms with Gasteiger partial charge >= 0.3 is 0 Å². The van der Waals surface area contributed by atoms with E-state index in [9.17, 15) is 0 Å². The lowest BCUT2D eigenvalue weighted by Gasteiger charge is -2.33. The summed E-state index contributed by atoms with van der Waals surface area (Å²) in [7, 11) is 0. The van der Waals surface area contributed by atoms with Gasteiger partial charge in [-0.1, -0.05) is 133 Å². The van der Waals surface area contributed by atoms with Gasteiger partial charge in [-0.25, -0.2) is 0 Å². The van der Waals surface area contributed by atoms with Crippen LogP contribution < -0.4 is 4.90 Å². The molecule has 11 rings (SSSR count). The fraction of sp³-hybridized carbons (Fsp3) is 0.0833. The van der Waals surface area contributed by atoms with Gasteiger partial charge in [0.1, 0.15) is 0 Å². The average molecular weight is 671 g/mol. The van der Waals surface area contributed by atoms with Crippen molar-refractivity contribution in [1.29, 1.82) is 0 Å². The summed E-state index contributed by atoms with van der Waals surface area (Å²) in [5.74, 6) is 0.255. The van der Waals surface area contributed by atoms with Crippen LogP contribution in [-0.2, 0) is 0 Å². The van der Waals surface area contributed by atoms with Crippen LogP contribution in [0.3, 0.4) is 0 Å². The second-order valence-electron chi connectivity index (χ2n) is 14.0. The Morgan fingerprint density at radius 1 is 0.588 bits per heavy atom. The van der Waals surface area contributed by atoms with Crippen LogP contribution in [0.25, 0.3) is 58.3 Å². The number of hydrogen-bond donors (Lipinski definition) is 0. The second kappa shape index (κ2) is 11.3. The minimum Gasteiger partial charge on any atom is -0.307 e. The van der Waals surface area contributed by atoms with Gasteiger partial charge < -0.3 is 9.30 Å². The first kappa shape index (κ1) is 28.9. The summed E-state index contributed by atoms with van der Waals surface area (Å²) in [5.41, 5.74) is 11.7. The lowest BCUT2D eigenvalue weighted by atomic mass is 9.82. The molecule has 3 heterocycles. The van der Waals surface area contributed by atoms with E-state index >= 15 is 0 Å². The normalized spacial score (nSPS) is 16.5. The Kier molecular flexibility index (Phi) is 6.41. The van der Waals surface area contributed by atoms with Crippen LogP contribution >= 0.6 is 11.3 Å². The van der Waals surface area contributed by atoms with Crippen LogP contribution in [0.1, 0.15) is 30.7 Å². The molecule has 0 fully saturated rings. The highest BCUT2D eigenvalue weighted by molar-refractivity contribution is 7.26. The third-order valence-electron chi connectivity index (χ3n) is 11.1. The molecule has 0 spiro atoms. The zero-order chi connectivity index (χ0) is 33.5. The summed E-state index contributed by atoms with van der Waals surface area (Å²) in [6.07, 6.45) is 15.1. The van der Waals surface area contributed by atoms with Gasteiger partial charge in [0, 0.05) is 48.6 Å². The molecule has 9 aromatic rings. The molecule has 0 radical (unpaired) electrons. The zero-order valence-corrected chi connectivity index (χ0v) is 28.9. The molecule has 242 valence electrons. The molecule has 3 aromatic heterocycles. The SMILES string of the molecule is C1=CCCC(C2=CC(N(c3cccc4c3sc3ccccc34)c3cccc4c5cccc6c7ccccc7n(c34)c65)=CC(c3ccccc3)C2)=C1. The van der Waals surface area contributed by atoms with Gasteiger partial charge in [-0.15, -0.1) is 11.3 Å². The van der Waals surface area contributed by atoms with Crippen LogP contribution in [0.15, 0.2) is 181 Å². The third-order valence-corrected chi connectivity index (χ3v) is 12.3. The Hall–Kier alpha value is -5.90. The van der Waals surface area contributed by atoms with Crippen LogP contribution in [0.4, 0.5) is 11.4 Å². The molecule has 3 heteroatoms. The summed E-state index contributed by atoms with van der Waals surface area (Å²) in [5, 5.41) is 7.82. The largest absolute Gasteiger partial charge is 0.307 e. The summed E-state index contributed by atoms with van der Waals surface area (Å²) < 4.78 is 5.17. The summed E-state index contributed by atoms with van der Waals surface area (Å²) >= 11 is 1.90. The summed E-state index contributed by atoms with van der Waals surface area (Å²) in [4.78, 5) is 2.59. The van der Waals surface area contributed by atoms with Crippen molar-refractivity contribution in [1.82, 2.24) is 4.40 Å². The monoisotopic (exact) mass is 670 g/mol. The molecule has 0 amide bonds. The number of anilines is 2. The van der Waals surface area contributed by atoms with Gasteiger partial charge in [0.25, 0.3) is 0 Å². The first-order valence-electron chi connectivity index (χ1n) is 18.0. The highest BCUT2D eigenvalue weighted by Gasteiger charge is 2.28. The predicted molar refractivity (Wildman–Crippen MR) is 219 cm³/mol. The van der Waals surface area contributed by atoms with Gasteiger partial charge in [0.15, 0.2) is 0 Å². The van der Waals surface area contributed by atoms with Gasteiger partial charge in [-0.05, 0) is 66.3 Å². The fourth-order valence-electron chi connectivity index (χ4n) is 8.88. The molecule has 2 nitrogen and oxygen atoms in total. The maximum atomic E-state index is 2.59. The minimum absolute atomic E-state index is 0.255. The number of benzene rings is 6. The van der Waals surface area contributed by atoms with Crippen molar-refractivity contribution in [3.8, 4) is 0 Å². The number of thiophene rings is 1. The molecule has 1 atom stereocenters. The molecule has 2 aliphatic rings. The average Bonchev–Trinajstić information content (AvgIpc) is 3.87. The van der Waals surface area contributed by atoms with E-state index < -0.39 is 0 Å². The molecular formula is C48H34N2S. The molecule has 0 saturated carbocycles. The smallest absolute Gasteiger partial charge is 0.0782 e. The van der Waals surface area contributed by atoms with E-state index in [1.807, 2.05) is 11.3 Å². The number of allylic oxidation sites excluding steroid dienone is 7. The summed E-state index contributed by atoms with van der Waals surface area (Å²) in [6, 6.07) is 49.5. The number of nitrogens with zero attached hydrogens (tertiary/aromatic N) is 2. The number of aromatic nitrogens is 1. The number of fused-ring (bicyclic) bond motifs is 9. The van der Waals surface area contributed by atoms with Crippen molar-refractivity contribution < 1.29 is 0 Å². The minimum atomic E-state index is 0.255. The van der Waals surface area contributed by atoms with Crippen molar-refractivity contribution in [3.63, 3.8) is 0 Å². The van der Waals surface area contributed by atoms with Crippen molar-refractivity contribution in [3.05, 3.63) is 186 Å². The Labute approximate surface area is 300 Å². The molecular weight excluding hydrogens is 637 g/mol. The molecule has 0 aliphatic heterocycles. The molecule has 51 heavy (non-hydrogen) atoms. The van der Waals surface area contributed by atoms with Gasteiger partial charge in [0.2, 0.25) is 0 Å². The van der Waals surface area contributed by atoms with Crippen molar-refractivity contribution >= 4 is 81.0 Å². The second-order valence-corrected chi connectivity index (χ2v) is 15.0. The Balaban J connectivity index is 1.27. The van der Waals surface area contributed by atoms with Gasteiger partial charge in [-0.2, -0.15) is 0 Å². The maximum Gasteiger partial charge on any atom is 0.0782 e. The van der Waals surface area contributed by atoms with Crippen molar-refractivity contribution in [2.24, 2.45) is 0 Å². The van der Waals surface area contributed by atoms with E-state index in [4.69, 9.17) is 0 Å². The van der Waals surface area contributed by atoms with Gasteiger partial charge in [0.05, 0.1) is 32.6 Å². The van der Waals surface area contributed by atoms with Gasteiger partial charge in [-0.3, -0.25) is 0 Å². The fourth-order valence-corrected chi connectivity index (χ4v) is 10.1. The molecule has 2 aliphatic carbocycles. The highest BCUT2D eigenvalue weighted by atomic mass is 32.1. The molecule has 6 aromatic carbocycles. The lowest BCUT2D eigenvalue weighted by Crippen LogP contribution is -2.20. The van der Waals surface area contributed by atoms with E-state index in [2.05, 4.69) is 173 Å². The van der Waals surface area contributed by atoms with E-state index in [-0.39, 0.29) is 5.92 Å². The standard InChI is InChI=1S/C48H34N2S/c1-3-14-31(15-4-1)33-28-34(32-16-5-2-6-17-32)30-35(29-33)49(44-26-13-23-41-37-19-8-10-27-45(37)51-48(41)44)43-25-12-22-40-39-21-11-20-38-36-18-7-9-24-42(36)50(46(38)39)47(40)43/h1-5,7-16,18-27,29-30,33H,6,17,28H2. The highest BCUT2D eigenvalue weighted by Crippen LogP contribution is 2.49. The maximum absolute atomic E-state index is 2.59. The predicted octanol–water partition coefficient (Wildman–Crippen LogP) is 13.6. The number of hydrogen-bond acceptors (Lipinski definition) is 2. The van der Waals surface area contributed by atoms with Crippen LogP contribution in [0, 0.1) is 0 Å². The first-order valence-corrected chi connectivity index (χ1v) is 18.8. The first-order chi connectivity index (χ1) is 25.3. The zero-order valence-electron chi connectivity index (χ0n) is 28.1. The molecule has 1 unspecified atom stereocenters. The molecule has 0 N–H and O–H groups in total. The van der Waals surface area contributed by atoms with Crippen LogP contribution in [0.5, 0.6) is 0 Å². The summed E-state index contributed by atoms with van der Waals surface area (Å²) in [6.45, 7) is 0. The number of rotatable bonds is 5. The lowest BCUT2D eigenvalue weighted by molar-refractivity contribution is 0.787. The van der Waals surface area contributed by atoms with E-state index in [1.54, 1.807) is 0 Å². The van der Waals surface area contributed by atoms with E-state index in [1.165, 1.54) is 92.0 Å². The van der Waals surface area contributed by atoms with E-state index in [0.29, 0.717) is 0 Å². The molecule has 0 saturated heterocycles. The third kappa shape index (κ3) is 4.35. The number of para-hydroxylation sites is 3. The Morgan fingerprint density at radius 3 is 2.12 bits per heavy atom.